The van der Waals surface area contributed by atoms with Crippen molar-refractivity contribution in [2.75, 3.05) is 0 Å². The van der Waals surface area contributed by atoms with Gasteiger partial charge in [-0.3, -0.25) is 0 Å². The minimum Gasteiger partial charge on any atom is -0.429 e. The van der Waals surface area contributed by atoms with Gasteiger partial charge in [-0.2, -0.15) is 17.6 Å². The largest absolute Gasteiger partial charge is 0.432 e. The molecule has 4 aromatic carbocycles. The Kier molecular flexibility index (Phi) is 17.9. The second kappa shape index (κ2) is 22.5. The van der Waals surface area contributed by atoms with E-state index in [4.69, 9.17) is 0 Å². The van der Waals surface area contributed by atoms with Crippen molar-refractivity contribution in [3.63, 3.8) is 0 Å². The number of ether oxygens (including phenoxy) is 2. The average molecular weight is 923 g/mol. The SMILES string of the molecule is CC1CCC(C)CC1.Cc1cc(OC(F)(F)c2c(F)cc(CC3CCC(C)CC3)cc2F)cc(F)c1C.Cc1cc(OC(F)(F)c2c(F)cc(CC3CCCCC3)cc2F)cc(F)c1C. The molecule has 7 rings (SSSR count). The summed E-state index contributed by atoms with van der Waals surface area (Å²) in [5.74, 6) is -4.59. The standard InChI is InChI=1S/C23H25F5O.C22H23F5O.C8H16/c1-13-4-6-16(7-5-13)9-17-10-20(25)22(21(26)11-17)23(27,28)29-18-8-14(2)15(3)19(24)12-18;1-13-8-17(12-18(23)14(13)2)28-22(26,27)21-19(24)10-16(11-20(21)25)9-15-6-4-3-5-7-15;1-7-3-5-8(2)6-4-7/h8,10-13,16H,4-7,9H2,1-3H3;8,10-12,15H,3-7,9H2,1-2H3;7-8H,3-6H2,1-2H3. The number of aryl methyl sites for hydroxylation is 2. The van der Waals surface area contributed by atoms with E-state index in [1.807, 2.05) is 0 Å². The van der Waals surface area contributed by atoms with Crippen LogP contribution in [0.25, 0.3) is 0 Å². The Balaban J connectivity index is 0.000000208. The smallest absolute Gasteiger partial charge is 0.429 e. The molecule has 358 valence electrons. The van der Waals surface area contributed by atoms with Crippen molar-refractivity contribution in [3.8, 4) is 11.5 Å². The van der Waals surface area contributed by atoms with Gasteiger partial charge in [0.05, 0.1) is 0 Å². The van der Waals surface area contributed by atoms with Crippen LogP contribution in [0.1, 0.15) is 149 Å². The van der Waals surface area contributed by atoms with E-state index >= 15 is 0 Å². The van der Waals surface area contributed by atoms with Gasteiger partial charge in [0, 0.05) is 12.1 Å². The van der Waals surface area contributed by atoms with Crippen LogP contribution in [0.3, 0.4) is 0 Å². The minimum atomic E-state index is -4.28. The number of hydrogen-bond donors (Lipinski definition) is 0. The van der Waals surface area contributed by atoms with E-state index in [0.29, 0.717) is 64.0 Å². The highest BCUT2D eigenvalue weighted by molar-refractivity contribution is 5.38. The third-order valence-corrected chi connectivity index (χ3v) is 13.6. The predicted octanol–water partition coefficient (Wildman–Crippen LogP) is 17.0. The van der Waals surface area contributed by atoms with Crippen LogP contribution in [0.15, 0.2) is 48.5 Å². The lowest BCUT2D eigenvalue weighted by Gasteiger charge is -2.26. The van der Waals surface area contributed by atoms with E-state index in [-0.39, 0.29) is 0 Å². The van der Waals surface area contributed by atoms with Crippen LogP contribution in [-0.4, -0.2) is 0 Å². The first-order valence-electron chi connectivity index (χ1n) is 23.2. The number of halogens is 10. The maximum atomic E-state index is 14.5. The lowest BCUT2D eigenvalue weighted by molar-refractivity contribution is -0.190. The Morgan fingerprint density at radius 2 is 0.723 bits per heavy atom. The molecule has 0 saturated heterocycles. The molecule has 65 heavy (non-hydrogen) atoms. The average Bonchev–Trinajstić information content (AvgIpc) is 3.21. The summed E-state index contributed by atoms with van der Waals surface area (Å²) in [5, 5.41) is 0. The Hall–Kier alpha value is -4.22. The molecule has 0 bridgehead atoms. The quantitative estimate of drug-likeness (QED) is 0.148. The monoisotopic (exact) mass is 922 g/mol. The zero-order valence-electron chi connectivity index (χ0n) is 38.7. The summed E-state index contributed by atoms with van der Waals surface area (Å²) in [4.78, 5) is 0. The van der Waals surface area contributed by atoms with E-state index in [1.165, 1.54) is 65.5 Å². The van der Waals surface area contributed by atoms with E-state index in [2.05, 4.69) is 30.2 Å². The number of hydrogen-bond acceptors (Lipinski definition) is 2. The molecule has 0 unspecified atom stereocenters. The van der Waals surface area contributed by atoms with Crippen LogP contribution in [0.4, 0.5) is 43.9 Å². The van der Waals surface area contributed by atoms with Crippen LogP contribution in [0.2, 0.25) is 0 Å². The van der Waals surface area contributed by atoms with Crippen molar-refractivity contribution in [1.29, 1.82) is 0 Å². The van der Waals surface area contributed by atoms with Gasteiger partial charge in [-0.15, -0.1) is 0 Å². The summed E-state index contributed by atoms with van der Waals surface area (Å²) in [6, 6.07) is 7.79. The summed E-state index contributed by atoms with van der Waals surface area (Å²) in [5.41, 5.74) is -0.825. The normalized spacial score (nSPS) is 20.6. The van der Waals surface area contributed by atoms with Crippen molar-refractivity contribution in [1.82, 2.24) is 0 Å². The molecule has 0 atom stereocenters. The van der Waals surface area contributed by atoms with Gasteiger partial charge in [-0.25, -0.2) is 26.3 Å². The fourth-order valence-corrected chi connectivity index (χ4v) is 9.15. The summed E-state index contributed by atoms with van der Waals surface area (Å²) in [6.07, 6.45) is 7.56. The van der Waals surface area contributed by atoms with Crippen molar-refractivity contribution in [2.24, 2.45) is 29.6 Å². The summed E-state index contributed by atoms with van der Waals surface area (Å²) >= 11 is 0. The third kappa shape index (κ3) is 14.4. The van der Waals surface area contributed by atoms with Gasteiger partial charge in [0.1, 0.15) is 57.5 Å². The van der Waals surface area contributed by atoms with E-state index in [0.717, 1.165) is 106 Å². The van der Waals surface area contributed by atoms with Gasteiger partial charge < -0.3 is 9.47 Å². The Morgan fingerprint density at radius 1 is 0.415 bits per heavy atom. The second-order valence-electron chi connectivity index (χ2n) is 19.2. The van der Waals surface area contributed by atoms with Crippen LogP contribution in [0, 0.1) is 92.2 Å². The van der Waals surface area contributed by atoms with Gasteiger partial charge in [0.15, 0.2) is 0 Å². The first-order chi connectivity index (χ1) is 30.5. The Morgan fingerprint density at radius 3 is 1.05 bits per heavy atom. The van der Waals surface area contributed by atoms with Crippen molar-refractivity contribution in [2.45, 2.75) is 157 Å². The molecule has 0 amide bonds. The molecule has 3 aliphatic carbocycles. The van der Waals surface area contributed by atoms with E-state index in [9.17, 15) is 43.9 Å². The molecule has 0 radical (unpaired) electrons. The number of benzene rings is 4. The van der Waals surface area contributed by atoms with Crippen molar-refractivity contribution in [3.05, 3.63) is 128 Å². The molecule has 3 fully saturated rings. The summed E-state index contributed by atoms with van der Waals surface area (Å²) in [7, 11) is 0. The Labute approximate surface area is 378 Å². The first kappa shape index (κ1) is 51.8. The molecule has 0 heterocycles. The Bertz CT molecular complexity index is 2100. The van der Waals surface area contributed by atoms with Crippen molar-refractivity contribution >= 4 is 0 Å². The third-order valence-electron chi connectivity index (χ3n) is 13.6. The maximum Gasteiger partial charge on any atom is 0.432 e. The highest BCUT2D eigenvalue weighted by Crippen LogP contribution is 2.40. The first-order valence-corrected chi connectivity index (χ1v) is 23.2. The van der Waals surface area contributed by atoms with Gasteiger partial charge in [-0.05, 0) is 153 Å². The fraction of sp³-hybridized carbons (Fsp3) is 0.547. The topological polar surface area (TPSA) is 18.5 Å². The predicted molar refractivity (Wildman–Crippen MR) is 235 cm³/mol. The van der Waals surface area contributed by atoms with Crippen LogP contribution in [0.5, 0.6) is 11.5 Å². The molecule has 3 aliphatic rings. The minimum absolute atomic E-state index is 0.291. The molecule has 2 nitrogen and oxygen atoms in total. The molecule has 12 heteroatoms. The van der Waals surface area contributed by atoms with Crippen molar-refractivity contribution < 1.29 is 53.4 Å². The molecular formula is C53H64F10O2. The molecule has 0 N–H and O–H groups in total. The van der Waals surface area contributed by atoms with E-state index in [1.54, 1.807) is 0 Å². The fourth-order valence-electron chi connectivity index (χ4n) is 9.15. The number of rotatable bonds is 10. The maximum absolute atomic E-state index is 14.5. The van der Waals surface area contributed by atoms with E-state index < -0.39 is 69.7 Å². The van der Waals surface area contributed by atoms with Crippen LogP contribution < -0.4 is 9.47 Å². The highest BCUT2D eigenvalue weighted by Gasteiger charge is 2.43. The molecular weight excluding hydrogens is 859 g/mol. The zero-order valence-corrected chi connectivity index (χ0v) is 38.7. The zero-order chi connectivity index (χ0) is 47.8. The van der Waals surface area contributed by atoms with Gasteiger partial charge in [-0.1, -0.05) is 91.4 Å². The molecule has 4 aromatic rings. The molecule has 0 spiro atoms. The number of alkyl halides is 4. The van der Waals surface area contributed by atoms with Crippen LogP contribution >= 0.6 is 0 Å². The van der Waals surface area contributed by atoms with Gasteiger partial charge in [0.2, 0.25) is 0 Å². The lowest BCUT2D eigenvalue weighted by Crippen LogP contribution is -2.25. The molecule has 0 aromatic heterocycles. The molecule has 0 aliphatic heterocycles. The highest BCUT2D eigenvalue weighted by atomic mass is 19.3. The van der Waals surface area contributed by atoms with Gasteiger partial charge >= 0.3 is 12.2 Å². The van der Waals surface area contributed by atoms with Crippen LogP contribution in [-0.2, 0) is 25.1 Å². The lowest BCUT2D eigenvalue weighted by atomic mass is 9.80. The summed E-state index contributed by atoms with van der Waals surface area (Å²) in [6.45, 7) is 13.0. The second-order valence-corrected chi connectivity index (χ2v) is 19.2. The van der Waals surface area contributed by atoms with Gasteiger partial charge in [0.25, 0.3) is 0 Å². The molecule has 3 saturated carbocycles. The summed E-state index contributed by atoms with van der Waals surface area (Å²) < 4.78 is 152.